The zero-order valence-electron chi connectivity index (χ0n) is 15.9. The highest BCUT2D eigenvalue weighted by Gasteiger charge is 2.22. The predicted molar refractivity (Wildman–Crippen MR) is 98.6 cm³/mol. The summed E-state index contributed by atoms with van der Waals surface area (Å²) in [6.45, 7) is 9.28. The highest BCUT2D eigenvalue weighted by Crippen LogP contribution is 2.19. The van der Waals surface area contributed by atoms with Gasteiger partial charge < -0.3 is 14.4 Å². The third kappa shape index (κ3) is 7.71. The van der Waals surface area contributed by atoms with Gasteiger partial charge in [0.1, 0.15) is 11.4 Å². The first kappa shape index (κ1) is 20.3. The molecule has 1 aromatic rings. The van der Waals surface area contributed by atoms with Gasteiger partial charge in [0, 0.05) is 13.1 Å². The van der Waals surface area contributed by atoms with E-state index in [0.29, 0.717) is 6.54 Å². The Bertz CT molecular complexity index is 494. The number of hydrogen-bond donors (Lipinski definition) is 0. The number of unbranched alkanes of at least 4 members (excludes halogenated alkanes) is 3. The van der Waals surface area contributed by atoms with Gasteiger partial charge in [0.25, 0.3) is 0 Å². The first-order valence-electron chi connectivity index (χ1n) is 8.97. The molecule has 0 atom stereocenters. The van der Waals surface area contributed by atoms with Crippen LogP contribution in [0.25, 0.3) is 0 Å². The molecule has 0 saturated carbocycles. The summed E-state index contributed by atoms with van der Waals surface area (Å²) in [5.74, 6) is 0.868. The van der Waals surface area contributed by atoms with Crippen molar-refractivity contribution in [2.24, 2.45) is 0 Å². The Morgan fingerprint density at radius 1 is 1.08 bits per heavy atom. The molecule has 0 heterocycles. The lowest BCUT2D eigenvalue weighted by molar-refractivity contribution is 0.0248. The summed E-state index contributed by atoms with van der Waals surface area (Å²) in [7, 11) is 1.68. The van der Waals surface area contributed by atoms with Gasteiger partial charge in [-0.05, 0) is 45.2 Å². The summed E-state index contributed by atoms with van der Waals surface area (Å²) >= 11 is 0. The van der Waals surface area contributed by atoms with Crippen LogP contribution in [-0.2, 0) is 11.2 Å². The lowest BCUT2D eigenvalue weighted by Crippen LogP contribution is -2.38. The maximum atomic E-state index is 12.5. The Morgan fingerprint density at radius 3 is 2.42 bits per heavy atom. The second-order valence-corrected chi connectivity index (χ2v) is 7.09. The maximum Gasteiger partial charge on any atom is 0.410 e. The van der Waals surface area contributed by atoms with Crippen LogP contribution in [0.5, 0.6) is 5.75 Å². The molecule has 0 bridgehead atoms. The molecule has 1 rings (SSSR count). The second-order valence-electron chi connectivity index (χ2n) is 7.09. The summed E-state index contributed by atoms with van der Waals surface area (Å²) in [6.07, 6.45) is 5.08. The molecular weight excluding hydrogens is 302 g/mol. The van der Waals surface area contributed by atoms with E-state index in [1.807, 2.05) is 49.9 Å². The van der Waals surface area contributed by atoms with Gasteiger partial charge in [-0.25, -0.2) is 4.79 Å². The summed E-state index contributed by atoms with van der Waals surface area (Å²) in [5, 5.41) is 0. The van der Waals surface area contributed by atoms with Gasteiger partial charge in [-0.15, -0.1) is 0 Å². The monoisotopic (exact) mass is 335 g/mol. The van der Waals surface area contributed by atoms with E-state index in [4.69, 9.17) is 9.47 Å². The molecule has 4 nitrogen and oxygen atoms in total. The molecule has 24 heavy (non-hydrogen) atoms. The van der Waals surface area contributed by atoms with E-state index in [1.54, 1.807) is 7.11 Å². The van der Waals surface area contributed by atoms with Gasteiger partial charge in [-0.3, -0.25) is 0 Å². The van der Waals surface area contributed by atoms with Crippen LogP contribution in [0.2, 0.25) is 0 Å². The third-order valence-corrected chi connectivity index (χ3v) is 3.78. The van der Waals surface area contributed by atoms with Crippen molar-refractivity contribution in [1.82, 2.24) is 4.90 Å². The van der Waals surface area contributed by atoms with Gasteiger partial charge in [0.2, 0.25) is 0 Å². The van der Waals surface area contributed by atoms with Gasteiger partial charge in [0.15, 0.2) is 0 Å². The van der Waals surface area contributed by atoms with Crippen molar-refractivity contribution in [2.75, 3.05) is 20.2 Å². The molecule has 0 aliphatic rings. The van der Waals surface area contributed by atoms with Crippen LogP contribution in [0.3, 0.4) is 0 Å². The van der Waals surface area contributed by atoms with Gasteiger partial charge in [-0.2, -0.15) is 0 Å². The molecule has 0 aliphatic carbocycles. The highest BCUT2D eigenvalue weighted by atomic mass is 16.6. The van der Waals surface area contributed by atoms with E-state index >= 15 is 0 Å². The molecule has 0 radical (unpaired) electrons. The van der Waals surface area contributed by atoms with Crippen LogP contribution in [0.1, 0.15) is 58.9 Å². The van der Waals surface area contributed by atoms with Crippen LogP contribution in [0.4, 0.5) is 4.79 Å². The van der Waals surface area contributed by atoms with E-state index in [0.717, 1.165) is 37.1 Å². The number of para-hydroxylation sites is 1. The van der Waals surface area contributed by atoms with E-state index in [1.165, 1.54) is 12.8 Å². The number of carbonyl (C=O) groups is 1. The summed E-state index contributed by atoms with van der Waals surface area (Å²) < 4.78 is 11.0. The fourth-order valence-electron chi connectivity index (χ4n) is 2.52. The normalized spacial score (nSPS) is 11.2. The molecule has 0 aromatic heterocycles. The highest BCUT2D eigenvalue weighted by molar-refractivity contribution is 5.68. The second kappa shape index (κ2) is 10.2. The molecule has 0 unspecified atom stereocenters. The number of hydrogen-bond acceptors (Lipinski definition) is 3. The van der Waals surface area contributed by atoms with E-state index in [2.05, 4.69) is 6.92 Å². The lowest BCUT2D eigenvalue weighted by Gasteiger charge is -2.27. The van der Waals surface area contributed by atoms with Crippen LogP contribution >= 0.6 is 0 Å². The van der Waals surface area contributed by atoms with Crippen molar-refractivity contribution in [2.45, 2.75) is 65.4 Å². The number of carbonyl (C=O) groups excluding carboxylic acids is 1. The van der Waals surface area contributed by atoms with Crippen molar-refractivity contribution in [3.05, 3.63) is 29.8 Å². The van der Waals surface area contributed by atoms with Crippen molar-refractivity contribution < 1.29 is 14.3 Å². The Hall–Kier alpha value is -1.71. The largest absolute Gasteiger partial charge is 0.496 e. The lowest BCUT2D eigenvalue weighted by atomic mass is 10.1. The van der Waals surface area contributed by atoms with Crippen molar-refractivity contribution in [3.63, 3.8) is 0 Å². The molecule has 4 heteroatoms. The minimum Gasteiger partial charge on any atom is -0.496 e. The zero-order valence-corrected chi connectivity index (χ0v) is 15.9. The zero-order chi connectivity index (χ0) is 18.0. The standard InChI is InChI=1S/C20H33NO3/c1-6-7-8-11-15-21(19(22)24-20(2,3)4)16-14-17-12-9-10-13-18(17)23-5/h9-10,12-13H,6-8,11,14-16H2,1-5H3. The molecule has 136 valence electrons. The predicted octanol–water partition coefficient (Wildman–Crippen LogP) is 5.06. The average molecular weight is 335 g/mol. The molecule has 1 aromatic carbocycles. The van der Waals surface area contributed by atoms with Crippen LogP contribution in [0, 0.1) is 0 Å². The summed E-state index contributed by atoms with van der Waals surface area (Å²) in [5.41, 5.74) is 0.644. The number of benzene rings is 1. The van der Waals surface area contributed by atoms with Crippen LogP contribution in [-0.4, -0.2) is 36.8 Å². The minimum atomic E-state index is -0.469. The number of nitrogens with zero attached hydrogens (tertiary/aromatic N) is 1. The quantitative estimate of drug-likeness (QED) is 0.592. The number of ether oxygens (including phenoxy) is 2. The van der Waals surface area contributed by atoms with Crippen molar-refractivity contribution >= 4 is 6.09 Å². The number of amides is 1. The fraction of sp³-hybridized carbons (Fsp3) is 0.650. The Balaban J connectivity index is 2.67. The molecule has 0 saturated heterocycles. The van der Waals surface area contributed by atoms with E-state index < -0.39 is 5.60 Å². The van der Waals surface area contributed by atoms with Crippen LogP contribution < -0.4 is 4.74 Å². The number of methoxy groups -OCH3 is 1. The minimum absolute atomic E-state index is 0.228. The molecule has 0 N–H and O–H groups in total. The van der Waals surface area contributed by atoms with Crippen molar-refractivity contribution in [3.8, 4) is 5.75 Å². The van der Waals surface area contributed by atoms with E-state index in [-0.39, 0.29) is 6.09 Å². The van der Waals surface area contributed by atoms with E-state index in [9.17, 15) is 4.79 Å². The molecular formula is C20H33NO3. The van der Waals surface area contributed by atoms with Gasteiger partial charge in [0.05, 0.1) is 7.11 Å². The fourth-order valence-corrected chi connectivity index (χ4v) is 2.52. The topological polar surface area (TPSA) is 38.8 Å². The van der Waals surface area contributed by atoms with Gasteiger partial charge >= 0.3 is 6.09 Å². The summed E-state index contributed by atoms with van der Waals surface area (Å²) in [6, 6.07) is 7.95. The molecule has 0 aliphatic heterocycles. The van der Waals surface area contributed by atoms with Crippen molar-refractivity contribution in [1.29, 1.82) is 0 Å². The third-order valence-electron chi connectivity index (χ3n) is 3.78. The smallest absolute Gasteiger partial charge is 0.410 e. The first-order chi connectivity index (χ1) is 11.4. The number of rotatable bonds is 9. The summed E-state index contributed by atoms with van der Waals surface area (Å²) in [4.78, 5) is 14.3. The first-order valence-corrected chi connectivity index (χ1v) is 8.97. The Morgan fingerprint density at radius 2 is 1.79 bits per heavy atom. The molecule has 1 amide bonds. The van der Waals surface area contributed by atoms with Crippen LogP contribution in [0.15, 0.2) is 24.3 Å². The average Bonchev–Trinajstić information content (AvgIpc) is 2.52. The molecule has 0 spiro atoms. The SMILES string of the molecule is CCCCCCN(CCc1ccccc1OC)C(=O)OC(C)(C)C. The molecule has 0 fully saturated rings. The maximum absolute atomic E-state index is 12.5. The Kier molecular flexibility index (Phi) is 8.66. The Labute approximate surface area is 147 Å². The van der Waals surface area contributed by atoms with Gasteiger partial charge in [-0.1, -0.05) is 44.4 Å².